The Hall–Kier alpha value is -0.360. The summed E-state index contributed by atoms with van der Waals surface area (Å²) in [6, 6.07) is 0. The lowest BCUT2D eigenvalue weighted by Gasteiger charge is -2.07. The Bertz CT molecular complexity index is 420. The van der Waals surface area contributed by atoms with Gasteiger partial charge in [-0.05, 0) is 37.8 Å². The molecule has 1 aliphatic rings. The summed E-state index contributed by atoms with van der Waals surface area (Å²) in [5.74, 6) is 1.28. The fourth-order valence-electron chi connectivity index (χ4n) is 2.23. The van der Waals surface area contributed by atoms with E-state index in [1.54, 1.807) is 11.3 Å². The van der Waals surface area contributed by atoms with Gasteiger partial charge in [0.1, 0.15) is 5.01 Å². The number of hydrogen-bond acceptors (Lipinski definition) is 4. The van der Waals surface area contributed by atoms with E-state index >= 15 is 0 Å². The molecule has 2 heterocycles. The van der Waals surface area contributed by atoms with Crippen LogP contribution in [0.4, 0.5) is 0 Å². The van der Waals surface area contributed by atoms with Gasteiger partial charge in [-0.15, -0.1) is 36.2 Å². The van der Waals surface area contributed by atoms with Gasteiger partial charge in [0.15, 0.2) is 0 Å². The molecule has 0 radical (unpaired) electrons. The highest BCUT2D eigenvalue weighted by Gasteiger charge is 2.15. The van der Waals surface area contributed by atoms with Crippen LogP contribution in [0.3, 0.4) is 0 Å². The molecule has 2 N–H and O–H groups in total. The van der Waals surface area contributed by atoms with Crippen LogP contribution >= 0.6 is 36.2 Å². The lowest BCUT2D eigenvalue weighted by Crippen LogP contribution is -2.23. The average Bonchev–Trinajstić information content (AvgIpc) is 3.05. The van der Waals surface area contributed by atoms with Crippen molar-refractivity contribution in [1.29, 1.82) is 0 Å². The molecule has 2 rings (SSSR count). The standard InChI is InChI=1S/C14H23N3OS.2ClH/c1-10(2)12-9-19-14(17-12)8-16-13(18)4-3-11-5-6-15-7-11;;/h9-11,15H,3-8H2,1-2H3,(H,16,18);2*1H. The van der Waals surface area contributed by atoms with Crippen LogP contribution in [0, 0.1) is 5.92 Å². The van der Waals surface area contributed by atoms with Crippen LogP contribution in [0.5, 0.6) is 0 Å². The van der Waals surface area contributed by atoms with Crippen molar-refractivity contribution in [3.8, 4) is 0 Å². The van der Waals surface area contributed by atoms with E-state index in [1.165, 1.54) is 6.42 Å². The summed E-state index contributed by atoms with van der Waals surface area (Å²) in [6.07, 6.45) is 2.83. The maximum absolute atomic E-state index is 11.8. The number of thiazole rings is 1. The van der Waals surface area contributed by atoms with Gasteiger partial charge in [-0.3, -0.25) is 4.79 Å². The van der Waals surface area contributed by atoms with Crippen molar-refractivity contribution in [2.45, 2.75) is 45.6 Å². The van der Waals surface area contributed by atoms with Crippen molar-refractivity contribution in [3.05, 3.63) is 16.1 Å². The maximum atomic E-state index is 11.8. The number of aromatic nitrogens is 1. The van der Waals surface area contributed by atoms with Gasteiger partial charge in [0.05, 0.1) is 12.2 Å². The largest absolute Gasteiger partial charge is 0.350 e. The first-order valence-electron chi connectivity index (χ1n) is 7.07. The van der Waals surface area contributed by atoms with Crippen LogP contribution in [0.1, 0.15) is 49.7 Å². The van der Waals surface area contributed by atoms with E-state index in [9.17, 15) is 4.79 Å². The van der Waals surface area contributed by atoms with Crippen molar-refractivity contribution in [3.63, 3.8) is 0 Å². The molecule has 0 aromatic carbocycles. The van der Waals surface area contributed by atoms with Crippen molar-refractivity contribution >= 4 is 42.1 Å². The number of nitrogens with zero attached hydrogens (tertiary/aromatic N) is 1. The van der Waals surface area contributed by atoms with Gasteiger partial charge in [0.25, 0.3) is 0 Å². The van der Waals surface area contributed by atoms with Crippen molar-refractivity contribution < 1.29 is 4.79 Å². The summed E-state index contributed by atoms with van der Waals surface area (Å²) in [5.41, 5.74) is 1.12. The van der Waals surface area contributed by atoms with Gasteiger partial charge >= 0.3 is 0 Å². The van der Waals surface area contributed by atoms with Crippen LogP contribution in [-0.4, -0.2) is 24.0 Å². The van der Waals surface area contributed by atoms with Gasteiger partial charge in [-0.1, -0.05) is 13.8 Å². The van der Waals surface area contributed by atoms with Crippen LogP contribution in [0.2, 0.25) is 0 Å². The Kier molecular flexibility index (Phi) is 10.2. The fraction of sp³-hybridized carbons (Fsp3) is 0.714. The first kappa shape index (κ1) is 20.6. The number of rotatable bonds is 6. The summed E-state index contributed by atoms with van der Waals surface area (Å²) in [6.45, 7) is 7.00. The molecule has 0 bridgehead atoms. The normalized spacial score (nSPS) is 17.2. The fourth-order valence-corrected chi connectivity index (χ4v) is 3.13. The van der Waals surface area contributed by atoms with E-state index < -0.39 is 0 Å². The molecular weight excluding hydrogens is 329 g/mol. The summed E-state index contributed by atoms with van der Waals surface area (Å²) < 4.78 is 0. The first-order valence-corrected chi connectivity index (χ1v) is 7.95. The lowest BCUT2D eigenvalue weighted by molar-refractivity contribution is -0.121. The third kappa shape index (κ3) is 6.96. The van der Waals surface area contributed by atoms with Crippen molar-refractivity contribution in [2.24, 2.45) is 5.92 Å². The lowest BCUT2D eigenvalue weighted by atomic mass is 10.0. The van der Waals surface area contributed by atoms with Crippen molar-refractivity contribution in [1.82, 2.24) is 15.6 Å². The number of halogens is 2. The van der Waals surface area contributed by atoms with Gasteiger partial charge in [0.2, 0.25) is 5.91 Å². The number of amides is 1. The van der Waals surface area contributed by atoms with E-state index in [-0.39, 0.29) is 30.7 Å². The molecule has 1 saturated heterocycles. The molecule has 1 unspecified atom stereocenters. The Labute approximate surface area is 143 Å². The van der Waals surface area contributed by atoms with Gasteiger partial charge in [0, 0.05) is 11.8 Å². The highest BCUT2D eigenvalue weighted by molar-refractivity contribution is 7.09. The van der Waals surface area contributed by atoms with E-state index in [0.29, 0.717) is 24.8 Å². The highest BCUT2D eigenvalue weighted by Crippen LogP contribution is 2.18. The molecule has 21 heavy (non-hydrogen) atoms. The van der Waals surface area contributed by atoms with Crippen LogP contribution in [-0.2, 0) is 11.3 Å². The SMILES string of the molecule is CC(C)c1csc(CNC(=O)CCC2CCNC2)n1.Cl.Cl. The second kappa shape index (κ2) is 10.4. The van der Waals surface area contributed by atoms with Crippen LogP contribution in [0.15, 0.2) is 5.38 Å². The van der Waals surface area contributed by atoms with E-state index in [4.69, 9.17) is 0 Å². The predicted molar refractivity (Wildman–Crippen MR) is 92.8 cm³/mol. The number of carbonyl (C=O) groups excluding carboxylic acids is 1. The zero-order valence-corrected chi connectivity index (χ0v) is 15.0. The van der Waals surface area contributed by atoms with E-state index in [1.807, 2.05) is 0 Å². The summed E-state index contributed by atoms with van der Waals surface area (Å²) in [5, 5.41) is 9.37. The Balaban J connectivity index is 0.00000200. The first-order chi connectivity index (χ1) is 9.15. The third-order valence-corrected chi connectivity index (χ3v) is 4.41. The zero-order valence-electron chi connectivity index (χ0n) is 12.6. The maximum Gasteiger partial charge on any atom is 0.220 e. The van der Waals surface area contributed by atoms with Crippen molar-refractivity contribution in [2.75, 3.05) is 13.1 Å². The molecule has 0 saturated carbocycles. The average molecular weight is 354 g/mol. The number of carbonyl (C=O) groups is 1. The van der Waals surface area contributed by atoms with Gasteiger partial charge in [-0.25, -0.2) is 4.98 Å². The van der Waals surface area contributed by atoms with Gasteiger partial charge < -0.3 is 10.6 Å². The minimum Gasteiger partial charge on any atom is -0.350 e. The molecular formula is C14H25Cl2N3OS. The predicted octanol–water partition coefficient (Wildman–Crippen LogP) is 3.12. The molecule has 0 aliphatic carbocycles. The second-order valence-corrected chi connectivity index (χ2v) is 6.44. The molecule has 1 fully saturated rings. The summed E-state index contributed by atoms with van der Waals surface area (Å²) in [7, 11) is 0. The van der Waals surface area contributed by atoms with E-state index in [0.717, 1.165) is 30.2 Å². The minimum atomic E-state index is 0. The molecule has 1 amide bonds. The molecule has 1 atom stereocenters. The smallest absolute Gasteiger partial charge is 0.220 e. The van der Waals surface area contributed by atoms with Crippen LogP contribution in [0.25, 0.3) is 0 Å². The Morgan fingerprint density at radius 2 is 2.29 bits per heavy atom. The third-order valence-electron chi connectivity index (χ3n) is 3.54. The molecule has 1 aromatic rings. The monoisotopic (exact) mass is 353 g/mol. The topological polar surface area (TPSA) is 54.0 Å². The quantitative estimate of drug-likeness (QED) is 0.825. The molecule has 122 valence electrons. The molecule has 0 spiro atoms. The summed E-state index contributed by atoms with van der Waals surface area (Å²) in [4.78, 5) is 16.3. The molecule has 4 nitrogen and oxygen atoms in total. The van der Waals surface area contributed by atoms with Crippen LogP contribution < -0.4 is 10.6 Å². The molecule has 7 heteroatoms. The van der Waals surface area contributed by atoms with Gasteiger partial charge in [-0.2, -0.15) is 0 Å². The number of hydrogen-bond donors (Lipinski definition) is 2. The second-order valence-electron chi connectivity index (χ2n) is 5.50. The minimum absolute atomic E-state index is 0. The molecule has 1 aromatic heterocycles. The zero-order chi connectivity index (χ0) is 13.7. The molecule has 1 aliphatic heterocycles. The summed E-state index contributed by atoms with van der Waals surface area (Å²) >= 11 is 1.63. The Morgan fingerprint density at radius 1 is 1.52 bits per heavy atom. The van der Waals surface area contributed by atoms with E-state index in [2.05, 4.69) is 34.8 Å². The highest BCUT2D eigenvalue weighted by atomic mass is 35.5. The number of nitrogens with one attached hydrogen (secondary N) is 2. The Morgan fingerprint density at radius 3 is 2.86 bits per heavy atom.